The summed E-state index contributed by atoms with van der Waals surface area (Å²) in [6.45, 7) is 1.80. The van der Waals surface area contributed by atoms with Gasteiger partial charge in [0.2, 0.25) is 0 Å². The van der Waals surface area contributed by atoms with Crippen molar-refractivity contribution in [3.05, 3.63) is 0 Å². The first kappa shape index (κ1) is 11.5. The Labute approximate surface area is 85.1 Å². The van der Waals surface area contributed by atoms with Crippen LogP contribution in [-0.2, 0) is 19.2 Å². The molecular weight excluding hydrogens is 224 g/mol. The highest BCUT2D eigenvalue weighted by Gasteiger charge is 2.56. The summed E-state index contributed by atoms with van der Waals surface area (Å²) in [6.07, 6.45) is 0.541. The molecule has 0 N–H and O–H groups in total. The van der Waals surface area contributed by atoms with Crippen LogP contribution in [-0.4, -0.2) is 32.1 Å². The Balaban J connectivity index is 3.04. The van der Waals surface area contributed by atoms with Crippen LogP contribution in [0.3, 0.4) is 0 Å². The second-order valence-electron chi connectivity index (χ2n) is 3.16. The molecule has 0 aliphatic carbocycles. The maximum Gasteiger partial charge on any atom is 0.167 e. The fraction of sp³-hybridized carbons (Fsp3) is 0.500. The Bertz CT molecular complexity index is 247. The van der Waals surface area contributed by atoms with Gasteiger partial charge in [0.15, 0.2) is 22.5 Å². The molecule has 1 fully saturated rings. The van der Waals surface area contributed by atoms with Gasteiger partial charge >= 0.3 is 0 Å². The number of hydrogen-bond donors (Lipinski definition) is 0. The third-order valence-electron chi connectivity index (χ3n) is 2.44. The zero-order valence-corrected chi connectivity index (χ0v) is 9.38. The van der Waals surface area contributed by atoms with Crippen LogP contribution >= 0.6 is 20.1 Å². The summed E-state index contributed by atoms with van der Waals surface area (Å²) < 4.78 is -0.306. The maximum absolute atomic E-state index is 10.8. The quantitative estimate of drug-likeness (QED) is 0.669. The first-order chi connectivity index (χ1) is 6.64. The van der Waals surface area contributed by atoms with Crippen molar-refractivity contribution in [2.45, 2.75) is 17.9 Å². The summed E-state index contributed by atoms with van der Waals surface area (Å²) in [5.41, 5.74) is 2.64. The molecule has 0 amide bonds. The van der Waals surface area contributed by atoms with E-state index in [1.165, 1.54) is 0 Å². The zero-order valence-electron chi connectivity index (χ0n) is 7.75. The Morgan fingerprint density at radius 3 is 1.57 bits per heavy atom. The van der Waals surface area contributed by atoms with Crippen LogP contribution in [0, 0.1) is 0 Å². The highest BCUT2D eigenvalue weighted by Crippen LogP contribution is 2.79. The van der Waals surface area contributed by atoms with Crippen LogP contribution in [0.1, 0.15) is 13.3 Å². The second kappa shape index (κ2) is 3.86. The molecule has 0 aromatic carbocycles. The molecule has 1 aliphatic rings. The second-order valence-corrected chi connectivity index (χ2v) is 9.94. The lowest BCUT2D eigenvalue weighted by atomic mass is 10.6. The summed E-state index contributed by atoms with van der Waals surface area (Å²) in [6, 6.07) is 0. The maximum atomic E-state index is 10.8. The van der Waals surface area contributed by atoms with E-state index in [1.54, 1.807) is 6.92 Å². The van der Waals surface area contributed by atoms with Crippen molar-refractivity contribution in [2.24, 2.45) is 0 Å². The number of hydrogen-bond acceptors (Lipinski definition) is 4. The van der Waals surface area contributed by atoms with E-state index in [9.17, 15) is 19.2 Å². The van der Waals surface area contributed by atoms with E-state index in [-0.39, 0.29) is 9.67 Å². The van der Waals surface area contributed by atoms with Crippen molar-refractivity contribution in [3.63, 3.8) is 0 Å². The number of carbonyl (C=O) groups excluding carboxylic acids is 4. The van der Waals surface area contributed by atoms with Gasteiger partial charge in [-0.15, -0.1) is 20.1 Å². The summed E-state index contributed by atoms with van der Waals surface area (Å²) in [5.74, 6) is 0. The van der Waals surface area contributed by atoms with Gasteiger partial charge < -0.3 is 0 Å². The van der Waals surface area contributed by atoms with Crippen LogP contribution in [0.2, 0.25) is 0 Å². The smallest absolute Gasteiger partial charge is 0.167 e. The molecule has 4 nitrogen and oxygen atoms in total. The van der Waals surface area contributed by atoms with Crippen molar-refractivity contribution < 1.29 is 19.2 Å². The lowest BCUT2D eigenvalue weighted by Gasteiger charge is -2.58. The van der Waals surface area contributed by atoms with Crippen LogP contribution in [0.4, 0.5) is 0 Å². The zero-order chi connectivity index (χ0) is 10.8. The molecule has 0 aromatic heterocycles. The molecule has 0 aromatic rings. The van der Waals surface area contributed by atoms with Gasteiger partial charge in [0.25, 0.3) is 0 Å². The minimum Gasteiger partial charge on any atom is -0.292 e. The lowest BCUT2D eigenvalue weighted by Crippen LogP contribution is -2.42. The fourth-order valence-electron chi connectivity index (χ4n) is 1.79. The topological polar surface area (TPSA) is 68.3 Å². The van der Waals surface area contributed by atoms with E-state index >= 15 is 0 Å². The number of rotatable bonds is 5. The Hall–Kier alpha value is -0.620. The van der Waals surface area contributed by atoms with E-state index in [2.05, 4.69) is 0 Å². The summed E-state index contributed by atoms with van der Waals surface area (Å²) in [7, 11) is -3.96. The van der Waals surface area contributed by atoms with Gasteiger partial charge in [-0.25, -0.2) is 0 Å². The molecule has 1 saturated heterocycles. The predicted octanol–water partition coefficient (Wildman–Crippen LogP) is 1.06. The first-order valence-electron chi connectivity index (χ1n) is 4.05. The van der Waals surface area contributed by atoms with Gasteiger partial charge in [0.1, 0.15) is 0 Å². The summed E-state index contributed by atoms with van der Waals surface area (Å²) >= 11 is 0. The van der Waals surface area contributed by atoms with E-state index in [1.807, 2.05) is 0 Å². The molecule has 1 aliphatic heterocycles. The normalized spacial score (nSPS) is 27.8. The van der Waals surface area contributed by atoms with Crippen molar-refractivity contribution in [1.82, 2.24) is 0 Å². The molecular formula is C8H12O4S2. The van der Waals surface area contributed by atoms with Gasteiger partial charge in [-0.2, -0.15) is 0 Å². The molecule has 0 radical (unpaired) electrons. The standard InChI is InChI=1S/C8H12O4S2/c1-2-8-13(3-9,4-10)7-14(8,5-11)6-12/h3-6,8H,2,7H2,1H3. The van der Waals surface area contributed by atoms with E-state index in [0.29, 0.717) is 28.9 Å². The molecule has 14 heavy (non-hydrogen) atoms. The number of carbonyl (C=O) groups is 4. The summed E-state index contributed by atoms with van der Waals surface area (Å²) in [4.78, 5) is 43.3. The van der Waals surface area contributed by atoms with Crippen LogP contribution in [0.15, 0.2) is 0 Å². The van der Waals surface area contributed by atoms with Gasteiger partial charge in [-0.05, 0) is 6.42 Å². The van der Waals surface area contributed by atoms with Crippen LogP contribution in [0.5, 0.6) is 0 Å². The van der Waals surface area contributed by atoms with Gasteiger partial charge in [0.05, 0.1) is 0 Å². The van der Waals surface area contributed by atoms with Crippen LogP contribution in [0.25, 0.3) is 0 Å². The molecule has 0 saturated carbocycles. The highest BCUT2D eigenvalue weighted by molar-refractivity contribution is 8.80. The highest BCUT2D eigenvalue weighted by atomic mass is 32.4. The van der Waals surface area contributed by atoms with Crippen LogP contribution < -0.4 is 0 Å². The molecule has 0 bridgehead atoms. The molecule has 1 rings (SSSR count). The SMILES string of the molecule is CCC1S(C=O)(C=O)CS1(C=O)C=O. The van der Waals surface area contributed by atoms with Crippen molar-refractivity contribution in [3.8, 4) is 0 Å². The molecule has 0 atom stereocenters. The third kappa shape index (κ3) is 1.25. The van der Waals surface area contributed by atoms with Gasteiger partial charge in [-0.3, -0.25) is 19.2 Å². The Morgan fingerprint density at radius 2 is 1.36 bits per heavy atom. The minimum absolute atomic E-state index is 0.193. The predicted molar refractivity (Wildman–Crippen MR) is 61.1 cm³/mol. The average molecular weight is 236 g/mol. The molecule has 0 spiro atoms. The summed E-state index contributed by atoms with van der Waals surface area (Å²) in [5, 5.41) is 0.193. The molecule has 80 valence electrons. The fourth-order valence-corrected chi connectivity index (χ4v) is 11.2. The van der Waals surface area contributed by atoms with Gasteiger partial charge in [0, 0.05) is 9.67 Å². The molecule has 0 unspecified atom stereocenters. The van der Waals surface area contributed by atoms with E-state index < -0.39 is 20.1 Å². The molecule has 6 heteroatoms. The van der Waals surface area contributed by atoms with Crippen molar-refractivity contribution in [1.29, 1.82) is 0 Å². The largest absolute Gasteiger partial charge is 0.292 e. The Morgan fingerprint density at radius 1 is 1.00 bits per heavy atom. The lowest BCUT2D eigenvalue weighted by molar-refractivity contribution is 0.564. The molecule has 1 heterocycles. The Kier molecular flexibility index (Phi) is 3.16. The van der Waals surface area contributed by atoms with E-state index in [0.717, 1.165) is 0 Å². The first-order valence-corrected chi connectivity index (χ1v) is 8.03. The third-order valence-corrected chi connectivity index (χ3v) is 11.9. The monoisotopic (exact) mass is 236 g/mol. The van der Waals surface area contributed by atoms with Crippen molar-refractivity contribution in [2.75, 3.05) is 5.08 Å². The minimum atomic E-state index is -1.98. The van der Waals surface area contributed by atoms with Crippen molar-refractivity contribution >= 4 is 42.5 Å². The van der Waals surface area contributed by atoms with Gasteiger partial charge in [-0.1, -0.05) is 6.92 Å². The average Bonchev–Trinajstić information content (AvgIpc) is 2.21. The van der Waals surface area contributed by atoms with E-state index in [4.69, 9.17) is 0 Å².